The van der Waals surface area contributed by atoms with Crippen LogP contribution in [0.3, 0.4) is 0 Å². The summed E-state index contributed by atoms with van der Waals surface area (Å²) in [6.45, 7) is 1.93. The number of alkyl halides is 3. The maximum absolute atomic E-state index is 11.9. The molecule has 0 saturated heterocycles. The van der Waals surface area contributed by atoms with Gasteiger partial charge in [-0.2, -0.15) is 18.3 Å². The molecular formula is C11H17F3N2O. The fourth-order valence-corrected chi connectivity index (χ4v) is 1.67. The standard InChI is InChI=1S/C11H17F3N2O/c1-3-8-7-9(16(2)15-8)10(17)5-4-6-11(12,13)14/h7,10,17H,3-6H2,1-2H3. The van der Waals surface area contributed by atoms with E-state index in [2.05, 4.69) is 5.10 Å². The Morgan fingerprint density at radius 2 is 2.12 bits per heavy atom. The van der Waals surface area contributed by atoms with Crippen molar-refractivity contribution in [1.82, 2.24) is 9.78 Å². The minimum Gasteiger partial charge on any atom is -0.387 e. The van der Waals surface area contributed by atoms with E-state index >= 15 is 0 Å². The van der Waals surface area contributed by atoms with Gasteiger partial charge in [-0.15, -0.1) is 0 Å². The largest absolute Gasteiger partial charge is 0.389 e. The Kier molecular flexibility index (Phi) is 4.56. The number of aryl methyl sites for hydroxylation is 2. The van der Waals surface area contributed by atoms with Crippen LogP contribution in [0.15, 0.2) is 6.07 Å². The molecule has 0 aliphatic rings. The molecule has 0 spiro atoms. The molecule has 1 unspecified atom stereocenters. The van der Waals surface area contributed by atoms with Gasteiger partial charge in [0.2, 0.25) is 0 Å². The number of aromatic nitrogens is 2. The van der Waals surface area contributed by atoms with Crippen LogP contribution >= 0.6 is 0 Å². The molecule has 6 heteroatoms. The van der Waals surface area contributed by atoms with E-state index in [9.17, 15) is 18.3 Å². The van der Waals surface area contributed by atoms with Gasteiger partial charge in [-0.1, -0.05) is 6.92 Å². The second kappa shape index (κ2) is 5.53. The van der Waals surface area contributed by atoms with E-state index in [1.54, 1.807) is 13.1 Å². The first kappa shape index (κ1) is 14.0. The first-order chi connectivity index (χ1) is 7.83. The molecular weight excluding hydrogens is 233 g/mol. The molecule has 0 radical (unpaired) electrons. The first-order valence-electron chi connectivity index (χ1n) is 5.61. The highest BCUT2D eigenvalue weighted by Crippen LogP contribution is 2.26. The van der Waals surface area contributed by atoms with Gasteiger partial charge in [-0.25, -0.2) is 0 Å². The summed E-state index contributed by atoms with van der Waals surface area (Å²) in [6, 6.07) is 1.73. The van der Waals surface area contributed by atoms with E-state index < -0.39 is 18.7 Å². The van der Waals surface area contributed by atoms with Crippen molar-refractivity contribution in [2.45, 2.75) is 44.9 Å². The Labute approximate surface area is 98.2 Å². The van der Waals surface area contributed by atoms with Crippen molar-refractivity contribution >= 4 is 0 Å². The van der Waals surface area contributed by atoms with Crippen LogP contribution in [0.5, 0.6) is 0 Å². The molecule has 0 aliphatic carbocycles. The predicted molar refractivity (Wildman–Crippen MR) is 57.5 cm³/mol. The Morgan fingerprint density at radius 1 is 1.47 bits per heavy atom. The van der Waals surface area contributed by atoms with Crippen LogP contribution in [0, 0.1) is 0 Å². The lowest BCUT2D eigenvalue weighted by Crippen LogP contribution is -2.09. The molecule has 3 nitrogen and oxygen atoms in total. The van der Waals surface area contributed by atoms with E-state index in [4.69, 9.17) is 0 Å². The average molecular weight is 250 g/mol. The van der Waals surface area contributed by atoms with Crippen molar-refractivity contribution in [1.29, 1.82) is 0 Å². The summed E-state index contributed by atoms with van der Waals surface area (Å²) in [7, 11) is 1.68. The van der Waals surface area contributed by atoms with Gasteiger partial charge in [0, 0.05) is 13.5 Å². The van der Waals surface area contributed by atoms with Crippen molar-refractivity contribution in [3.05, 3.63) is 17.5 Å². The maximum atomic E-state index is 11.9. The highest BCUT2D eigenvalue weighted by atomic mass is 19.4. The third-order valence-electron chi connectivity index (χ3n) is 2.61. The predicted octanol–water partition coefficient (Wildman–Crippen LogP) is 2.75. The first-order valence-corrected chi connectivity index (χ1v) is 5.61. The highest BCUT2D eigenvalue weighted by molar-refractivity contribution is 5.12. The van der Waals surface area contributed by atoms with Crippen LogP contribution in [0.1, 0.15) is 43.7 Å². The van der Waals surface area contributed by atoms with Gasteiger partial charge in [-0.05, 0) is 25.3 Å². The molecule has 0 fully saturated rings. The lowest BCUT2D eigenvalue weighted by molar-refractivity contribution is -0.136. The zero-order valence-corrected chi connectivity index (χ0v) is 9.96. The zero-order valence-electron chi connectivity index (χ0n) is 9.96. The fraction of sp³-hybridized carbons (Fsp3) is 0.727. The molecule has 0 amide bonds. The molecule has 1 aromatic heterocycles. The van der Waals surface area contributed by atoms with Crippen LogP contribution in [0.25, 0.3) is 0 Å². The molecule has 1 rings (SSSR count). The van der Waals surface area contributed by atoms with E-state index in [1.165, 1.54) is 4.68 Å². The summed E-state index contributed by atoms with van der Waals surface area (Å²) in [4.78, 5) is 0. The van der Waals surface area contributed by atoms with E-state index in [-0.39, 0.29) is 12.8 Å². The van der Waals surface area contributed by atoms with Gasteiger partial charge in [0.1, 0.15) is 0 Å². The lowest BCUT2D eigenvalue weighted by Gasteiger charge is -2.11. The number of hydrogen-bond acceptors (Lipinski definition) is 2. The lowest BCUT2D eigenvalue weighted by atomic mass is 10.1. The molecule has 98 valence electrons. The van der Waals surface area contributed by atoms with Gasteiger partial charge in [0.15, 0.2) is 0 Å². The molecule has 0 aromatic carbocycles. The third kappa shape index (κ3) is 4.38. The van der Waals surface area contributed by atoms with Crippen molar-refractivity contribution in [2.24, 2.45) is 7.05 Å². The Hall–Kier alpha value is -1.04. The molecule has 1 N–H and O–H groups in total. The van der Waals surface area contributed by atoms with E-state index in [1.807, 2.05) is 6.92 Å². The van der Waals surface area contributed by atoms with Crippen molar-refractivity contribution in [3.63, 3.8) is 0 Å². The Morgan fingerprint density at radius 3 is 2.59 bits per heavy atom. The van der Waals surface area contributed by atoms with Gasteiger partial charge >= 0.3 is 6.18 Å². The normalized spacial score (nSPS) is 14.0. The van der Waals surface area contributed by atoms with E-state index in [0.29, 0.717) is 5.69 Å². The maximum Gasteiger partial charge on any atom is 0.389 e. The quantitative estimate of drug-likeness (QED) is 0.872. The van der Waals surface area contributed by atoms with E-state index in [0.717, 1.165) is 12.1 Å². The monoisotopic (exact) mass is 250 g/mol. The summed E-state index contributed by atoms with van der Waals surface area (Å²) in [6.07, 6.45) is -5.12. The minimum atomic E-state index is -4.15. The highest BCUT2D eigenvalue weighted by Gasteiger charge is 2.27. The summed E-state index contributed by atoms with van der Waals surface area (Å²) < 4.78 is 37.4. The Balaban J connectivity index is 2.52. The minimum absolute atomic E-state index is 0.0721. The summed E-state index contributed by atoms with van der Waals surface area (Å²) in [5.41, 5.74) is 1.40. The van der Waals surface area contributed by atoms with Crippen LogP contribution < -0.4 is 0 Å². The van der Waals surface area contributed by atoms with Crippen LogP contribution in [-0.4, -0.2) is 21.1 Å². The smallest absolute Gasteiger partial charge is 0.387 e. The average Bonchev–Trinajstić information content (AvgIpc) is 2.57. The second-order valence-corrected chi connectivity index (χ2v) is 4.06. The van der Waals surface area contributed by atoms with Gasteiger partial charge in [-0.3, -0.25) is 4.68 Å². The number of aliphatic hydroxyl groups excluding tert-OH is 1. The number of nitrogens with zero attached hydrogens (tertiary/aromatic N) is 2. The van der Waals surface area contributed by atoms with Crippen molar-refractivity contribution < 1.29 is 18.3 Å². The van der Waals surface area contributed by atoms with Crippen molar-refractivity contribution in [3.8, 4) is 0 Å². The van der Waals surface area contributed by atoms with Crippen molar-refractivity contribution in [2.75, 3.05) is 0 Å². The second-order valence-electron chi connectivity index (χ2n) is 4.06. The summed E-state index contributed by atoms with van der Waals surface area (Å²) in [5.74, 6) is 0. The van der Waals surface area contributed by atoms with Gasteiger partial charge in [0.25, 0.3) is 0 Å². The molecule has 0 bridgehead atoms. The number of hydrogen-bond donors (Lipinski definition) is 1. The molecule has 1 heterocycles. The molecule has 0 saturated carbocycles. The zero-order chi connectivity index (χ0) is 13.1. The number of rotatable bonds is 5. The topological polar surface area (TPSA) is 38.0 Å². The molecule has 0 aliphatic heterocycles. The molecule has 17 heavy (non-hydrogen) atoms. The molecule has 1 aromatic rings. The number of aliphatic hydroxyl groups is 1. The Bertz CT molecular complexity index is 360. The van der Waals surface area contributed by atoms with Gasteiger partial charge in [0.05, 0.1) is 17.5 Å². The molecule has 1 atom stereocenters. The SMILES string of the molecule is CCc1cc(C(O)CCCC(F)(F)F)n(C)n1. The fourth-order valence-electron chi connectivity index (χ4n) is 1.67. The van der Waals surface area contributed by atoms with Gasteiger partial charge < -0.3 is 5.11 Å². The number of halogens is 3. The van der Waals surface area contributed by atoms with Crippen LogP contribution in [0.2, 0.25) is 0 Å². The van der Waals surface area contributed by atoms with Crippen LogP contribution in [-0.2, 0) is 13.5 Å². The van der Waals surface area contributed by atoms with Crippen LogP contribution in [0.4, 0.5) is 13.2 Å². The third-order valence-corrected chi connectivity index (χ3v) is 2.61. The summed E-state index contributed by atoms with van der Waals surface area (Å²) >= 11 is 0. The summed E-state index contributed by atoms with van der Waals surface area (Å²) in [5, 5.41) is 13.9.